The molecule has 3 aromatic rings. The number of aryl methyl sites for hydroxylation is 2. The summed E-state index contributed by atoms with van der Waals surface area (Å²) in [5.41, 5.74) is 1.86. The van der Waals surface area contributed by atoms with Gasteiger partial charge in [0.1, 0.15) is 5.75 Å². The molecule has 0 saturated heterocycles. The molecule has 8 nitrogen and oxygen atoms in total. The lowest BCUT2D eigenvalue weighted by Crippen LogP contribution is -2.35. The van der Waals surface area contributed by atoms with Crippen molar-refractivity contribution in [2.24, 2.45) is 0 Å². The molecule has 0 radical (unpaired) electrons. The van der Waals surface area contributed by atoms with E-state index in [1.165, 1.54) is 16.2 Å². The van der Waals surface area contributed by atoms with Crippen molar-refractivity contribution >= 4 is 23.2 Å². The summed E-state index contributed by atoms with van der Waals surface area (Å²) in [6.45, 7) is 5.76. The van der Waals surface area contributed by atoms with Gasteiger partial charge in [0.2, 0.25) is 5.89 Å². The van der Waals surface area contributed by atoms with Crippen LogP contribution in [0.4, 0.5) is 0 Å². The Hall–Kier alpha value is -3.20. The third kappa shape index (κ3) is 6.14. The summed E-state index contributed by atoms with van der Waals surface area (Å²) in [5.74, 6) is 0.457. The normalized spacial score (nSPS) is 10.7. The minimum absolute atomic E-state index is 0.154. The minimum Gasteiger partial charge on any atom is -0.481 e. The summed E-state index contributed by atoms with van der Waals surface area (Å²) in [5, 5.41) is 9.97. The zero-order valence-electron chi connectivity index (χ0n) is 17.8. The Morgan fingerprint density at radius 3 is 2.55 bits per heavy atom. The average molecular weight is 444 g/mol. The third-order valence-corrected chi connectivity index (χ3v) is 5.33. The maximum Gasteiger partial charge on any atom is 0.344 e. The number of ether oxygens (including phenoxy) is 2. The van der Waals surface area contributed by atoms with E-state index in [9.17, 15) is 9.59 Å². The van der Waals surface area contributed by atoms with E-state index in [0.717, 1.165) is 22.4 Å². The van der Waals surface area contributed by atoms with Crippen molar-refractivity contribution in [3.8, 4) is 16.5 Å². The molecule has 0 aliphatic heterocycles. The first-order valence-electron chi connectivity index (χ1n) is 9.96. The number of amides is 1. The first-order chi connectivity index (χ1) is 15.0. The molecule has 3 rings (SSSR count). The number of hydrogen-bond donors (Lipinski definition) is 0. The van der Waals surface area contributed by atoms with Crippen molar-refractivity contribution < 1.29 is 23.5 Å². The predicted octanol–water partition coefficient (Wildman–Crippen LogP) is 3.78. The van der Waals surface area contributed by atoms with Crippen LogP contribution in [-0.4, -0.2) is 46.7 Å². The lowest BCUT2D eigenvalue weighted by Gasteiger charge is -2.20. The molecule has 0 atom stereocenters. The van der Waals surface area contributed by atoms with Gasteiger partial charge in [0.25, 0.3) is 11.8 Å². The molecule has 9 heteroatoms. The number of nitrogens with zero attached hydrogens (tertiary/aromatic N) is 3. The summed E-state index contributed by atoms with van der Waals surface area (Å²) in [7, 11) is 0. The van der Waals surface area contributed by atoms with Crippen molar-refractivity contribution in [3.05, 3.63) is 52.7 Å². The van der Waals surface area contributed by atoms with Crippen molar-refractivity contribution in [1.29, 1.82) is 0 Å². The van der Waals surface area contributed by atoms with E-state index >= 15 is 0 Å². The van der Waals surface area contributed by atoms with Crippen LogP contribution in [0.3, 0.4) is 0 Å². The SMILES string of the molecule is CCCN(Cc1nnc(-c2cccs2)o1)C(=O)COC(=O)COc1c(C)cccc1C. The molecule has 0 bridgehead atoms. The van der Waals surface area contributed by atoms with Gasteiger partial charge in [0.05, 0.1) is 11.4 Å². The molecule has 0 saturated carbocycles. The first kappa shape index (κ1) is 22.5. The van der Waals surface area contributed by atoms with Gasteiger partial charge in [0, 0.05) is 6.54 Å². The maximum atomic E-state index is 12.6. The fraction of sp³-hybridized carbons (Fsp3) is 0.364. The van der Waals surface area contributed by atoms with Crippen LogP contribution >= 0.6 is 11.3 Å². The van der Waals surface area contributed by atoms with E-state index in [-0.39, 0.29) is 25.7 Å². The van der Waals surface area contributed by atoms with Crippen LogP contribution in [0.15, 0.2) is 40.1 Å². The molecule has 2 heterocycles. The van der Waals surface area contributed by atoms with Crippen LogP contribution in [0.25, 0.3) is 10.8 Å². The Bertz CT molecular complexity index is 996. The number of benzene rings is 1. The van der Waals surface area contributed by atoms with Crippen LogP contribution in [0, 0.1) is 13.8 Å². The summed E-state index contributed by atoms with van der Waals surface area (Å²) in [4.78, 5) is 27.0. The molecule has 0 unspecified atom stereocenters. The summed E-state index contributed by atoms with van der Waals surface area (Å²) < 4.78 is 16.3. The third-order valence-electron chi connectivity index (χ3n) is 4.47. The molecule has 1 aromatic carbocycles. The molecule has 164 valence electrons. The summed E-state index contributed by atoms with van der Waals surface area (Å²) in [6.07, 6.45) is 0.737. The lowest BCUT2D eigenvalue weighted by atomic mass is 10.1. The molecule has 1 amide bonds. The van der Waals surface area contributed by atoms with E-state index in [1.807, 2.05) is 56.5 Å². The number of aromatic nitrogens is 2. The average Bonchev–Trinajstić information content (AvgIpc) is 3.43. The standard InChI is InChI=1S/C22H25N3O5S/c1-4-10-25(12-18-23-24-22(30-18)17-9-6-11-31-17)19(26)13-28-20(27)14-29-21-15(2)7-5-8-16(21)3/h5-9,11H,4,10,12-14H2,1-3H3. The number of rotatable bonds is 10. The van der Waals surface area contributed by atoms with Crippen molar-refractivity contribution in [2.45, 2.75) is 33.7 Å². The van der Waals surface area contributed by atoms with E-state index in [2.05, 4.69) is 10.2 Å². The van der Waals surface area contributed by atoms with Gasteiger partial charge in [-0.05, 0) is 42.8 Å². The van der Waals surface area contributed by atoms with Gasteiger partial charge < -0.3 is 18.8 Å². The zero-order chi connectivity index (χ0) is 22.2. The van der Waals surface area contributed by atoms with Crippen molar-refractivity contribution in [1.82, 2.24) is 15.1 Å². The maximum absolute atomic E-state index is 12.6. The second kappa shape index (κ2) is 10.7. The molecule has 0 spiro atoms. The van der Waals surface area contributed by atoms with E-state index < -0.39 is 5.97 Å². The highest BCUT2D eigenvalue weighted by Crippen LogP contribution is 2.24. The van der Waals surface area contributed by atoms with Gasteiger partial charge in [-0.25, -0.2) is 4.79 Å². The summed E-state index contributed by atoms with van der Waals surface area (Å²) in [6, 6.07) is 9.51. The first-order valence-corrected chi connectivity index (χ1v) is 10.8. The number of hydrogen-bond acceptors (Lipinski definition) is 8. The molecule has 0 fully saturated rings. The lowest BCUT2D eigenvalue weighted by molar-refractivity contribution is -0.154. The fourth-order valence-corrected chi connectivity index (χ4v) is 3.62. The van der Waals surface area contributed by atoms with Gasteiger partial charge in [-0.3, -0.25) is 4.79 Å². The Morgan fingerprint density at radius 1 is 1.10 bits per heavy atom. The van der Waals surface area contributed by atoms with Crippen molar-refractivity contribution in [2.75, 3.05) is 19.8 Å². The molecular formula is C22H25N3O5S. The monoisotopic (exact) mass is 443 g/mol. The molecule has 31 heavy (non-hydrogen) atoms. The Morgan fingerprint density at radius 2 is 1.87 bits per heavy atom. The number of carbonyl (C=O) groups excluding carboxylic acids is 2. The minimum atomic E-state index is -0.606. The highest BCUT2D eigenvalue weighted by atomic mass is 32.1. The summed E-state index contributed by atoms with van der Waals surface area (Å²) >= 11 is 1.49. The van der Waals surface area contributed by atoms with Gasteiger partial charge in [-0.15, -0.1) is 21.5 Å². The van der Waals surface area contributed by atoms with Crippen LogP contribution < -0.4 is 4.74 Å². The second-order valence-corrected chi connectivity index (χ2v) is 7.91. The molecule has 2 aromatic heterocycles. The van der Waals surface area contributed by atoms with E-state index in [1.54, 1.807) is 0 Å². The highest BCUT2D eigenvalue weighted by molar-refractivity contribution is 7.13. The van der Waals surface area contributed by atoms with Gasteiger partial charge >= 0.3 is 5.97 Å². The topological polar surface area (TPSA) is 94.8 Å². The molecular weight excluding hydrogens is 418 g/mol. The van der Waals surface area contributed by atoms with Crippen LogP contribution in [-0.2, 0) is 20.9 Å². The molecule has 0 aliphatic carbocycles. The van der Waals surface area contributed by atoms with Gasteiger partial charge in [0.15, 0.2) is 13.2 Å². The smallest absolute Gasteiger partial charge is 0.344 e. The molecule has 0 aliphatic rings. The Balaban J connectivity index is 1.51. The van der Waals surface area contributed by atoms with Crippen LogP contribution in [0.1, 0.15) is 30.4 Å². The number of esters is 1. The fourth-order valence-electron chi connectivity index (χ4n) is 2.98. The number of carbonyl (C=O) groups is 2. The molecule has 0 N–H and O–H groups in total. The Labute approximate surface area is 184 Å². The quantitative estimate of drug-likeness (QED) is 0.440. The Kier molecular flexibility index (Phi) is 7.77. The van der Waals surface area contributed by atoms with Crippen LogP contribution in [0.5, 0.6) is 5.75 Å². The van der Waals surface area contributed by atoms with Gasteiger partial charge in [-0.1, -0.05) is 31.2 Å². The predicted molar refractivity (Wildman–Crippen MR) is 116 cm³/mol. The van der Waals surface area contributed by atoms with Crippen molar-refractivity contribution in [3.63, 3.8) is 0 Å². The van der Waals surface area contributed by atoms with E-state index in [0.29, 0.717) is 24.1 Å². The largest absolute Gasteiger partial charge is 0.481 e. The highest BCUT2D eigenvalue weighted by Gasteiger charge is 2.19. The number of thiophene rings is 1. The van der Waals surface area contributed by atoms with Gasteiger partial charge in [-0.2, -0.15) is 0 Å². The van der Waals surface area contributed by atoms with E-state index in [4.69, 9.17) is 13.9 Å². The zero-order valence-corrected chi connectivity index (χ0v) is 18.6. The van der Waals surface area contributed by atoms with Crippen LogP contribution in [0.2, 0.25) is 0 Å². The second-order valence-electron chi connectivity index (χ2n) is 6.96. The number of para-hydroxylation sites is 1.